The molecule has 0 bridgehead atoms. The van der Waals surface area contributed by atoms with Gasteiger partial charge in [-0.3, -0.25) is 14.4 Å². The molecule has 2 N–H and O–H groups in total. The molecule has 1 aliphatic rings. The number of methoxy groups -OCH3 is 1. The van der Waals surface area contributed by atoms with Crippen molar-refractivity contribution in [2.24, 2.45) is 5.92 Å². The number of rotatable bonds is 8. The Labute approximate surface area is 227 Å². The van der Waals surface area contributed by atoms with Gasteiger partial charge in [-0.25, -0.2) is 4.98 Å². The van der Waals surface area contributed by atoms with Crippen LogP contribution in [-0.2, 0) is 14.4 Å². The van der Waals surface area contributed by atoms with Gasteiger partial charge in [-0.1, -0.05) is 29.3 Å². The molecule has 2 aromatic heterocycles. The smallest absolute Gasteiger partial charge is 0.305 e. The number of benzene rings is 1. The number of nitrogens with zero attached hydrogens (tertiary/aromatic N) is 2. The number of hydrogen-bond donors (Lipinski definition) is 2. The summed E-state index contributed by atoms with van der Waals surface area (Å²) in [6.45, 7) is 0.819. The number of carboxylic acid groups (broad SMARTS) is 1. The number of thiophene rings is 1. The second kappa shape index (κ2) is 11.9. The molecule has 11 heteroatoms. The third-order valence-corrected chi connectivity index (χ3v) is 8.24. The topological polar surface area (TPSA) is 109 Å². The Morgan fingerprint density at radius 3 is 2.65 bits per heavy atom. The Morgan fingerprint density at radius 2 is 2.00 bits per heavy atom. The highest BCUT2D eigenvalue weighted by molar-refractivity contribution is 7.18. The largest absolute Gasteiger partial charge is 0.481 e. The number of likely N-dealkylation sites (tertiary alicyclic amines) is 1. The van der Waals surface area contributed by atoms with Gasteiger partial charge in [0.2, 0.25) is 17.7 Å². The summed E-state index contributed by atoms with van der Waals surface area (Å²) in [6, 6.07) is 6.43. The normalized spacial score (nSPS) is 15.2. The van der Waals surface area contributed by atoms with Gasteiger partial charge in [0.1, 0.15) is 0 Å². The number of hydrogen-bond acceptors (Lipinski definition) is 6. The summed E-state index contributed by atoms with van der Waals surface area (Å²) < 4.78 is 5.95. The highest BCUT2D eigenvalue weighted by atomic mass is 35.5. The molecule has 1 fully saturated rings. The minimum absolute atomic E-state index is 0.176. The van der Waals surface area contributed by atoms with Crippen LogP contribution in [-0.4, -0.2) is 53.0 Å². The van der Waals surface area contributed by atoms with Gasteiger partial charge < -0.3 is 20.1 Å². The Hall–Kier alpha value is -3.14. The van der Waals surface area contributed by atoms with E-state index in [4.69, 9.17) is 27.9 Å². The van der Waals surface area contributed by atoms with Gasteiger partial charge in [-0.15, -0.1) is 11.3 Å². The van der Waals surface area contributed by atoms with Gasteiger partial charge in [0.05, 0.1) is 34.3 Å². The van der Waals surface area contributed by atoms with Crippen molar-refractivity contribution in [2.45, 2.75) is 25.3 Å². The summed E-state index contributed by atoms with van der Waals surface area (Å²) in [5, 5.41) is 15.9. The van der Waals surface area contributed by atoms with Crippen molar-refractivity contribution in [3.05, 3.63) is 63.1 Å². The standard InChI is InChI=1S/C26H25Cl2N3O5S/c1-36-20-4-2-18(14-29-20)19(13-22(33)34)30-26(35)15-6-9-31(10-7-15)21(32)5-3-16-12-17-8-11-37-25(17)24(28)23(16)27/h2-5,8,11-12,14-15,19H,6-7,9-10,13H2,1H3,(H,30,35)(H,33,34)/b5-3+/t19-/m1/s1. The van der Waals surface area contributed by atoms with Gasteiger partial charge in [-0.2, -0.15) is 0 Å². The molecule has 0 aliphatic carbocycles. The summed E-state index contributed by atoms with van der Waals surface area (Å²) >= 11 is 14.3. The molecule has 1 aliphatic heterocycles. The lowest BCUT2D eigenvalue weighted by molar-refractivity contribution is -0.138. The Bertz CT molecular complexity index is 1330. The summed E-state index contributed by atoms with van der Waals surface area (Å²) in [6.07, 6.45) is 5.29. The Morgan fingerprint density at radius 1 is 1.24 bits per heavy atom. The zero-order valence-corrected chi connectivity index (χ0v) is 22.3. The summed E-state index contributed by atoms with van der Waals surface area (Å²) in [7, 11) is 1.49. The van der Waals surface area contributed by atoms with Crippen molar-refractivity contribution in [1.29, 1.82) is 0 Å². The van der Waals surface area contributed by atoms with E-state index in [2.05, 4.69) is 10.3 Å². The number of carbonyl (C=O) groups excluding carboxylic acids is 2. The number of nitrogens with one attached hydrogen (secondary N) is 1. The molecule has 3 aromatic rings. The van der Waals surface area contributed by atoms with E-state index < -0.39 is 12.0 Å². The van der Waals surface area contributed by atoms with E-state index in [1.165, 1.54) is 30.7 Å². The maximum Gasteiger partial charge on any atom is 0.305 e. The summed E-state index contributed by atoms with van der Waals surface area (Å²) in [4.78, 5) is 42.9. The van der Waals surface area contributed by atoms with Crippen LogP contribution in [0.3, 0.4) is 0 Å². The molecule has 1 aromatic carbocycles. The monoisotopic (exact) mass is 561 g/mol. The first kappa shape index (κ1) is 26.9. The number of pyridine rings is 1. The molecule has 0 radical (unpaired) electrons. The Kier molecular flexibility index (Phi) is 8.68. The zero-order valence-electron chi connectivity index (χ0n) is 19.9. The average molecular weight is 562 g/mol. The number of carboxylic acids is 1. The van der Waals surface area contributed by atoms with Gasteiger partial charge >= 0.3 is 5.97 Å². The number of fused-ring (bicyclic) bond motifs is 1. The fraction of sp³-hybridized carbons (Fsp3) is 0.308. The minimum Gasteiger partial charge on any atom is -0.481 e. The molecule has 37 heavy (non-hydrogen) atoms. The first-order valence-electron chi connectivity index (χ1n) is 11.6. The van der Waals surface area contributed by atoms with Crippen LogP contribution in [0.5, 0.6) is 5.88 Å². The SMILES string of the molecule is COc1ccc([C@@H](CC(=O)O)NC(=O)C2CCN(C(=O)/C=C/c3cc4ccsc4c(Cl)c3Cl)CC2)cn1. The van der Waals surface area contributed by atoms with E-state index in [9.17, 15) is 19.5 Å². The quantitative estimate of drug-likeness (QED) is 0.366. The van der Waals surface area contributed by atoms with Crippen LogP contribution < -0.4 is 10.1 Å². The highest BCUT2D eigenvalue weighted by Crippen LogP contribution is 2.37. The van der Waals surface area contributed by atoms with E-state index in [1.807, 2.05) is 17.5 Å². The van der Waals surface area contributed by atoms with Crippen molar-refractivity contribution >= 4 is 68.5 Å². The van der Waals surface area contributed by atoms with Crippen LogP contribution in [0, 0.1) is 5.92 Å². The van der Waals surface area contributed by atoms with Crippen LogP contribution >= 0.6 is 34.5 Å². The number of aliphatic carboxylic acids is 1. The maximum atomic E-state index is 12.9. The lowest BCUT2D eigenvalue weighted by Crippen LogP contribution is -2.43. The molecule has 2 amide bonds. The molecule has 194 valence electrons. The molecule has 0 spiro atoms. The predicted octanol–water partition coefficient (Wildman–Crippen LogP) is 5.20. The molecule has 4 rings (SSSR count). The van der Waals surface area contributed by atoms with Gasteiger partial charge in [-0.05, 0) is 52.9 Å². The summed E-state index contributed by atoms with van der Waals surface area (Å²) in [5.74, 6) is -1.38. The van der Waals surface area contributed by atoms with Crippen molar-refractivity contribution < 1.29 is 24.2 Å². The van der Waals surface area contributed by atoms with Crippen LogP contribution in [0.2, 0.25) is 10.0 Å². The van der Waals surface area contributed by atoms with Gasteiger partial charge in [0.15, 0.2) is 0 Å². The third-order valence-electron chi connectivity index (χ3n) is 6.30. The molecular formula is C26H25Cl2N3O5S. The maximum absolute atomic E-state index is 12.9. The molecule has 0 unspecified atom stereocenters. The van der Waals surface area contributed by atoms with E-state index in [1.54, 1.807) is 23.1 Å². The number of aromatic nitrogens is 1. The van der Waals surface area contributed by atoms with Crippen molar-refractivity contribution in [3.63, 3.8) is 0 Å². The molecular weight excluding hydrogens is 537 g/mol. The Balaban J connectivity index is 1.35. The number of halogens is 2. The molecule has 3 heterocycles. The number of ether oxygens (including phenoxy) is 1. The van der Waals surface area contributed by atoms with Crippen molar-refractivity contribution in [1.82, 2.24) is 15.2 Å². The lowest BCUT2D eigenvalue weighted by atomic mass is 9.94. The third kappa shape index (κ3) is 6.41. The highest BCUT2D eigenvalue weighted by Gasteiger charge is 2.29. The van der Waals surface area contributed by atoms with Crippen molar-refractivity contribution in [2.75, 3.05) is 20.2 Å². The van der Waals surface area contributed by atoms with E-state index >= 15 is 0 Å². The molecule has 8 nitrogen and oxygen atoms in total. The van der Waals surface area contributed by atoms with Gasteiger partial charge in [0, 0.05) is 37.3 Å². The second-order valence-electron chi connectivity index (χ2n) is 8.66. The zero-order chi connectivity index (χ0) is 26.5. The minimum atomic E-state index is -1.03. The van der Waals surface area contributed by atoms with E-state index in [0.29, 0.717) is 53.0 Å². The summed E-state index contributed by atoms with van der Waals surface area (Å²) in [5.41, 5.74) is 1.24. The fourth-order valence-corrected chi connectivity index (χ4v) is 5.69. The lowest BCUT2D eigenvalue weighted by Gasteiger charge is -2.31. The fourth-order valence-electron chi connectivity index (χ4n) is 4.25. The first-order chi connectivity index (χ1) is 17.8. The van der Waals surface area contributed by atoms with Crippen LogP contribution in [0.25, 0.3) is 16.2 Å². The number of amides is 2. The van der Waals surface area contributed by atoms with E-state index in [0.717, 1.165) is 10.1 Å². The predicted molar refractivity (Wildman–Crippen MR) is 144 cm³/mol. The van der Waals surface area contributed by atoms with Crippen LogP contribution in [0.1, 0.15) is 36.4 Å². The second-order valence-corrected chi connectivity index (χ2v) is 10.3. The van der Waals surface area contributed by atoms with Crippen molar-refractivity contribution in [3.8, 4) is 5.88 Å². The number of carbonyl (C=O) groups is 3. The number of piperidine rings is 1. The van der Waals surface area contributed by atoms with Gasteiger partial charge in [0.25, 0.3) is 0 Å². The molecule has 1 atom stereocenters. The van der Waals surface area contributed by atoms with Crippen LogP contribution in [0.15, 0.2) is 41.9 Å². The molecule has 1 saturated heterocycles. The molecule has 0 saturated carbocycles. The van der Waals surface area contributed by atoms with Crippen LogP contribution in [0.4, 0.5) is 0 Å². The average Bonchev–Trinajstić information content (AvgIpc) is 3.38. The van der Waals surface area contributed by atoms with E-state index in [-0.39, 0.29) is 24.2 Å². The first-order valence-corrected chi connectivity index (χ1v) is 13.2.